The standard InChI is InChI=1S/C20H32/c1-3-17-15-19-13-11-9-7-5-6-8-10-12-14-20(19)16-18(17)4-2/h13,15-16,20H,3-12,14H2,1-2H3/b19-13-. The van der Waals surface area contributed by atoms with Crippen molar-refractivity contribution in [1.29, 1.82) is 0 Å². The minimum Gasteiger partial charge on any atom is -0.0807 e. The number of hydrogen-bond acceptors (Lipinski definition) is 0. The lowest BCUT2D eigenvalue weighted by atomic mass is 9.81. The van der Waals surface area contributed by atoms with E-state index in [1.807, 2.05) is 0 Å². The van der Waals surface area contributed by atoms with Crippen LogP contribution in [0.15, 0.2) is 34.9 Å². The maximum absolute atomic E-state index is 2.59. The van der Waals surface area contributed by atoms with Crippen LogP contribution in [0.3, 0.4) is 0 Å². The summed E-state index contributed by atoms with van der Waals surface area (Å²) in [7, 11) is 0. The third-order valence-electron chi connectivity index (χ3n) is 4.94. The van der Waals surface area contributed by atoms with Crippen molar-refractivity contribution < 1.29 is 0 Å². The van der Waals surface area contributed by atoms with E-state index in [1.165, 1.54) is 70.6 Å². The van der Waals surface area contributed by atoms with Crippen LogP contribution in [0.5, 0.6) is 0 Å². The summed E-state index contributed by atoms with van der Waals surface area (Å²) in [5.41, 5.74) is 4.82. The molecule has 0 N–H and O–H groups in total. The van der Waals surface area contributed by atoms with E-state index in [4.69, 9.17) is 0 Å². The largest absolute Gasteiger partial charge is 0.0807 e. The Labute approximate surface area is 126 Å². The molecule has 0 bridgehead atoms. The van der Waals surface area contributed by atoms with Crippen LogP contribution in [-0.2, 0) is 0 Å². The van der Waals surface area contributed by atoms with Gasteiger partial charge in [0, 0.05) is 5.92 Å². The second-order valence-electron chi connectivity index (χ2n) is 6.43. The molecule has 0 nitrogen and oxygen atoms in total. The second kappa shape index (κ2) is 8.49. The van der Waals surface area contributed by atoms with Gasteiger partial charge in [0.1, 0.15) is 0 Å². The summed E-state index contributed by atoms with van der Waals surface area (Å²) in [6.07, 6.45) is 22.7. The molecule has 0 aromatic rings. The van der Waals surface area contributed by atoms with Crippen LogP contribution < -0.4 is 0 Å². The van der Waals surface area contributed by atoms with Gasteiger partial charge in [-0.25, -0.2) is 0 Å². The Balaban J connectivity index is 2.14. The van der Waals surface area contributed by atoms with Gasteiger partial charge in [-0.1, -0.05) is 70.6 Å². The average Bonchev–Trinajstić information content (AvgIpc) is 2.47. The van der Waals surface area contributed by atoms with Crippen molar-refractivity contribution >= 4 is 0 Å². The summed E-state index contributed by atoms with van der Waals surface area (Å²) in [5.74, 6) is 0.708. The van der Waals surface area contributed by atoms with Gasteiger partial charge >= 0.3 is 0 Å². The van der Waals surface area contributed by atoms with E-state index in [9.17, 15) is 0 Å². The Hall–Kier alpha value is -0.780. The Bertz CT molecular complexity index is 381. The number of fused-ring (bicyclic) bond motifs is 1. The highest BCUT2D eigenvalue weighted by Gasteiger charge is 2.17. The zero-order valence-electron chi connectivity index (χ0n) is 13.6. The van der Waals surface area contributed by atoms with Crippen LogP contribution in [0.2, 0.25) is 0 Å². The van der Waals surface area contributed by atoms with Gasteiger partial charge in [-0.3, -0.25) is 0 Å². The third-order valence-corrected chi connectivity index (χ3v) is 4.94. The molecule has 1 unspecified atom stereocenters. The quantitative estimate of drug-likeness (QED) is 0.522. The van der Waals surface area contributed by atoms with Gasteiger partial charge in [-0.05, 0) is 48.8 Å². The van der Waals surface area contributed by atoms with E-state index >= 15 is 0 Å². The van der Waals surface area contributed by atoms with Crippen LogP contribution in [0, 0.1) is 5.92 Å². The van der Waals surface area contributed by atoms with E-state index in [0.717, 1.165) is 0 Å². The first-order valence-corrected chi connectivity index (χ1v) is 8.96. The average molecular weight is 272 g/mol. The summed E-state index contributed by atoms with van der Waals surface area (Å²) in [5, 5.41) is 0. The first-order valence-electron chi connectivity index (χ1n) is 8.96. The molecule has 2 aliphatic carbocycles. The fraction of sp³-hybridized carbons (Fsp3) is 0.700. The number of allylic oxidation sites excluding steroid dienone is 6. The van der Waals surface area contributed by atoms with Crippen molar-refractivity contribution in [2.45, 2.75) is 84.5 Å². The highest BCUT2D eigenvalue weighted by atomic mass is 14.2. The van der Waals surface area contributed by atoms with Gasteiger partial charge in [-0.15, -0.1) is 0 Å². The summed E-state index contributed by atoms with van der Waals surface area (Å²) in [6, 6.07) is 0. The molecular weight excluding hydrogens is 240 g/mol. The van der Waals surface area contributed by atoms with Crippen molar-refractivity contribution in [2.75, 3.05) is 0 Å². The molecule has 0 saturated carbocycles. The minimum absolute atomic E-state index is 0.708. The van der Waals surface area contributed by atoms with Crippen molar-refractivity contribution in [3.05, 3.63) is 34.9 Å². The fourth-order valence-electron chi connectivity index (χ4n) is 3.64. The van der Waals surface area contributed by atoms with Crippen molar-refractivity contribution in [3.8, 4) is 0 Å². The zero-order valence-corrected chi connectivity index (χ0v) is 13.6. The van der Waals surface area contributed by atoms with Gasteiger partial charge in [-0.2, -0.15) is 0 Å². The van der Waals surface area contributed by atoms with E-state index in [0.29, 0.717) is 5.92 Å². The fourth-order valence-corrected chi connectivity index (χ4v) is 3.64. The molecule has 0 radical (unpaired) electrons. The highest BCUT2D eigenvalue weighted by molar-refractivity contribution is 5.44. The predicted molar refractivity (Wildman–Crippen MR) is 89.9 cm³/mol. The van der Waals surface area contributed by atoms with E-state index in [1.54, 1.807) is 16.7 Å². The zero-order chi connectivity index (χ0) is 14.2. The molecule has 0 fully saturated rings. The smallest absolute Gasteiger partial charge is 0.00208 e. The first-order chi connectivity index (χ1) is 9.85. The second-order valence-corrected chi connectivity index (χ2v) is 6.43. The molecule has 0 aliphatic heterocycles. The van der Waals surface area contributed by atoms with Gasteiger partial charge in [0.15, 0.2) is 0 Å². The molecular formula is C20H32. The van der Waals surface area contributed by atoms with Gasteiger partial charge in [0.2, 0.25) is 0 Å². The van der Waals surface area contributed by atoms with Crippen LogP contribution in [0.25, 0.3) is 0 Å². The van der Waals surface area contributed by atoms with Gasteiger partial charge in [0.25, 0.3) is 0 Å². The molecule has 0 saturated heterocycles. The molecule has 0 aromatic heterocycles. The molecule has 0 amide bonds. The molecule has 0 heterocycles. The summed E-state index contributed by atoms with van der Waals surface area (Å²) < 4.78 is 0. The normalized spacial score (nSPS) is 28.1. The highest BCUT2D eigenvalue weighted by Crippen LogP contribution is 2.34. The molecule has 2 rings (SSSR count). The molecule has 1 atom stereocenters. The number of hydrogen-bond donors (Lipinski definition) is 0. The molecule has 112 valence electrons. The predicted octanol–water partition coefficient (Wildman–Crippen LogP) is 6.74. The lowest BCUT2D eigenvalue weighted by Crippen LogP contribution is -2.08. The van der Waals surface area contributed by atoms with E-state index in [2.05, 4.69) is 32.1 Å². The minimum atomic E-state index is 0.708. The Morgan fingerprint density at radius 2 is 1.50 bits per heavy atom. The maximum Gasteiger partial charge on any atom is 0.00208 e. The van der Waals surface area contributed by atoms with E-state index < -0.39 is 0 Å². The topological polar surface area (TPSA) is 0 Å². The van der Waals surface area contributed by atoms with Gasteiger partial charge in [0.05, 0.1) is 0 Å². The van der Waals surface area contributed by atoms with Crippen LogP contribution in [-0.4, -0.2) is 0 Å². The Kier molecular flexibility index (Phi) is 6.63. The number of rotatable bonds is 2. The molecule has 20 heavy (non-hydrogen) atoms. The molecule has 2 aliphatic rings. The monoisotopic (exact) mass is 272 g/mol. The van der Waals surface area contributed by atoms with Gasteiger partial charge < -0.3 is 0 Å². The van der Waals surface area contributed by atoms with Crippen LogP contribution >= 0.6 is 0 Å². The SMILES string of the molecule is CCC1=C/C2=C/CCCCCCCCCC2C=C1CC. The van der Waals surface area contributed by atoms with Crippen molar-refractivity contribution in [2.24, 2.45) is 5.92 Å². The Morgan fingerprint density at radius 1 is 0.850 bits per heavy atom. The Morgan fingerprint density at radius 3 is 2.20 bits per heavy atom. The van der Waals surface area contributed by atoms with Crippen LogP contribution in [0.1, 0.15) is 84.5 Å². The van der Waals surface area contributed by atoms with Crippen molar-refractivity contribution in [3.63, 3.8) is 0 Å². The molecule has 0 aromatic carbocycles. The van der Waals surface area contributed by atoms with Crippen molar-refractivity contribution in [1.82, 2.24) is 0 Å². The lowest BCUT2D eigenvalue weighted by Gasteiger charge is -2.24. The first kappa shape index (κ1) is 15.6. The maximum atomic E-state index is 2.59. The third kappa shape index (κ3) is 4.36. The molecule has 0 heteroatoms. The summed E-state index contributed by atoms with van der Waals surface area (Å²) >= 11 is 0. The summed E-state index contributed by atoms with van der Waals surface area (Å²) in [4.78, 5) is 0. The molecule has 0 spiro atoms. The van der Waals surface area contributed by atoms with Crippen LogP contribution in [0.4, 0.5) is 0 Å². The summed E-state index contributed by atoms with van der Waals surface area (Å²) in [6.45, 7) is 4.60. The van der Waals surface area contributed by atoms with E-state index in [-0.39, 0.29) is 0 Å². The lowest BCUT2D eigenvalue weighted by molar-refractivity contribution is 0.535.